The lowest BCUT2D eigenvalue weighted by atomic mass is 10.0. The molecule has 1 saturated heterocycles. The molecule has 0 aliphatic carbocycles. The lowest BCUT2D eigenvalue weighted by Gasteiger charge is -2.27. The number of hydrogen-bond donors (Lipinski definition) is 1. The van der Waals surface area contributed by atoms with Crippen LogP contribution in [-0.4, -0.2) is 43.5 Å². The van der Waals surface area contributed by atoms with Crippen molar-refractivity contribution in [2.75, 3.05) is 26.8 Å². The van der Waals surface area contributed by atoms with Crippen molar-refractivity contribution >= 4 is 6.03 Å². The zero-order valence-electron chi connectivity index (χ0n) is 13.8. The standard InChI is InChI=1S/C16H26N2O4/c1-12(10-16(3)21-8-9-22-16)11-17-15(19)18(4)13(2)14-6-5-7-20-14/h5-7,12-13H,8-11H2,1-4H3,(H,17,19)/t12-,13-/m0/s1. The summed E-state index contributed by atoms with van der Waals surface area (Å²) in [6, 6.07) is 3.47. The average Bonchev–Trinajstić information content (AvgIpc) is 3.14. The molecule has 0 aromatic carbocycles. The van der Waals surface area contributed by atoms with Crippen LogP contribution in [0.3, 0.4) is 0 Å². The van der Waals surface area contributed by atoms with E-state index in [1.165, 1.54) is 0 Å². The summed E-state index contributed by atoms with van der Waals surface area (Å²) in [4.78, 5) is 13.8. The molecular formula is C16H26N2O4. The third-order valence-corrected chi connectivity index (χ3v) is 4.08. The van der Waals surface area contributed by atoms with Gasteiger partial charge in [0, 0.05) is 20.0 Å². The summed E-state index contributed by atoms with van der Waals surface area (Å²) in [7, 11) is 1.76. The van der Waals surface area contributed by atoms with Crippen LogP contribution >= 0.6 is 0 Å². The average molecular weight is 310 g/mol. The van der Waals surface area contributed by atoms with Crippen molar-refractivity contribution in [1.82, 2.24) is 10.2 Å². The molecule has 22 heavy (non-hydrogen) atoms. The van der Waals surface area contributed by atoms with E-state index in [1.807, 2.05) is 26.0 Å². The van der Waals surface area contributed by atoms with E-state index >= 15 is 0 Å². The first-order valence-corrected chi connectivity index (χ1v) is 7.73. The summed E-state index contributed by atoms with van der Waals surface area (Å²) in [5.74, 6) is 0.516. The molecule has 0 radical (unpaired) electrons. The van der Waals surface area contributed by atoms with E-state index < -0.39 is 5.79 Å². The van der Waals surface area contributed by atoms with Crippen LogP contribution < -0.4 is 5.32 Å². The molecule has 0 bridgehead atoms. The number of amides is 2. The number of ether oxygens (including phenoxy) is 2. The molecule has 0 spiro atoms. The van der Waals surface area contributed by atoms with Gasteiger partial charge in [-0.2, -0.15) is 0 Å². The smallest absolute Gasteiger partial charge is 0.317 e. The minimum Gasteiger partial charge on any atom is -0.467 e. The van der Waals surface area contributed by atoms with Crippen LogP contribution in [0, 0.1) is 5.92 Å². The number of carbonyl (C=O) groups excluding carboxylic acids is 1. The Morgan fingerprint density at radius 1 is 1.41 bits per heavy atom. The van der Waals surface area contributed by atoms with E-state index in [1.54, 1.807) is 18.2 Å². The van der Waals surface area contributed by atoms with Crippen LogP contribution in [-0.2, 0) is 9.47 Å². The van der Waals surface area contributed by atoms with Crippen molar-refractivity contribution in [1.29, 1.82) is 0 Å². The molecule has 0 saturated carbocycles. The Morgan fingerprint density at radius 2 is 2.09 bits per heavy atom. The molecule has 6 heteroatoms. The highest BCUT2D eigenvalue weighted by Crippen LogP contribution is 2.26. The summed E-state index contributed by atoms with van der Waals surface area (Å²) in [5.41, 5.74) is 0. The van der Waals surface area contributed by atoms with E-state index in [0.717, 1.165) is 12.2 Å². The molecule has 1 N–H and O–H groups in total. The molecule has 2 atom stereocenters. The second-order valence-electron chi connectivity index (χ2n) is 6.13. The molecule has 1 aliphatic rings. The van der Waals surface area contributed by atoms with Crippen LogP contribution in [0.4, 0.5) is 4.79 Å². The van der Waals surface area contributed by atoms with E-state index in [4.69, 9.17) is 13.9 Å². The van der Waals surface area contributed by atoms with E-state index in [-0.39, 0.29) is 18.0 Å². The van der Waals surface area contributed by atoms with Crippen LogP contribution in [0.5, 0.6) is 0 Å². The highest BCUT2D eigenvalue weighted by molar-refractivity contribution is 5.74. The molecule has 2 rings (SSSR count). The number of nitrogens with zero attached hydrogens (tertiary/aromatic N) is 1. The number of hydrogen-bond acceptors (Lipinski definition) is 4. The van der Waals surface area contributed by atoms with E-state index in [9.17, 15) is 4.79 Å². The monoisotopic (exact) mass is 310 g/mol. The van der Waals surface area contributed by atoms with Crippen LogP contribution in [0.2, 0.25) is 0 Å². The van der Waals surface area contributed by atoms with Gasteiger partial charge in [-0.1, -0.05) is 6.92 Å². The van der Waals surface area contributed by atoms with E-state index in [2.05, 4.69) is 12.2 Å². The zero-order chi connectivity index (χ0) is 16.2. The van der Waals surface area contributed by atoms with Crippen molar-refractivity contribution < 1.29 is 18.7 Å². The minimum absolute atomic E-state index is 0.107. The topological polar surface area (TPSA) is 63.9 Å². The summed E-state index contributed by atoms with van der Waals surface area (Å²) in [6.07, 6.45) is 2.37. The van der Waals surface area contributed by atoms with Gasteiger partial charge in [-0.3, -0.25) is 0 Å². The first kappa shape index (κ1) is 16.8. The Bertz CT molecular complexity index is 469. The van der Waals surface area contributed by atoms with Crippen LogP contribution in [0.25, 0.3) is 0 Å². The Balaban J connectivity index is 1.76. The number of rotatable bonds is 6. The number of nitrogens with one attached hydrogen (secondary N) is 1. The quantitative estimate of drug-likeness (QED) is 0.877. The molecule has 1 aromatic rings. The van der Waals surface area contributed by atoms with Crippen molar-refractivity contribution in [2.45, 2.75) is 39.0 Å². The molecule has 1 fully saturated rings. The van der Waals surface area contributed by atoms with Crippen molar-refractivity contribution in [3.63, 3.8) is 0 Å². The normalized spacial score (nSPS) is 19.6. The van der Waals surface area contributed by atoms with Gasteiger partial charge < -0.3 is 24.1 Å². The van der Waals surface area contributed by atoms with Gasteiger partial charge in [-0.25, -0.2) is 4.79 Å². The highest BCUT2D eigenvalue weighted by atomic mass is 16.7. The van der Waals surface area contributed by atoms with Gasteiger partial charge in [0.1, 0.15) is 5.76 Å². The Labute approximate surface area is 131 Å². The van der Waals surface area contributed by atoms with Crippen molar-refractivity contribution in [3.05, 3.63) is 24.2 Å². The van der Waals surface area contributed by atoms with E-state index in [0.29, 0.717) is 19.8 Å². The third kappa shape index (κ3) is 4.24. The first-order chi connectivity index (χ1) is 10.4. The molecule has 2 amide bonds. The van der Waals surface area contributed by atoms with Gasteiger partial charge in [0.2, 0.25) is 0 Å². The molecule has 124 valence electrons. The summed E-state index contributed by atoms with van der Waals surface area (Å²) in [5, 5.41) is 2.95. The summed E-state index contributed by atoms with van der Waals surface area (Å²) < 4.78 is 16.5. The zero-order valence-corrected chi connectivity index (χ0v) is 13.8. The van der Waals surface area contributed by atoms with Crippen molar-refractivity contribution in [3.8, 4) is 0 Å². The predicted molar refractivity (Wildman–Crippen MR) is 82.4 cm³/mol. The number of furan rings is 1. The fourth-order valence-corrected chi connectivity index (χ4v) is 2.66. The molecule has 6 nitrogen and oxygen atoms in total. The third-order valence-electron chi connectivity index (χ3n) is 4.08. The lowest BCUT2D eigenvalue weighted by Crippen LogP contribution is -2.41. The van der Waals surface area contributed by atoms with Crippen LogP contribution in [0.1, 0.15) is 39.0 Å². The predicted octanol–water partition coefficient (Wildman–Crippen LogP) is 2.77. The second kappa shape index (κ2) is 7.15. The summed E-state index contributed by atoms with van der Waals surface area (Å²) in [6.45, 7) is 7.81. The maximum atomic E-state index is 12.2. The molecular weight excluding hydrogens is 284 g/mol. The Hall–Kier alpha value is -1.53. The fourth-order valence-electron chi connectivity index (χ4n) is 2.66. The van der Waals surface area contributed by atoms with Gasteiger partial charge in [0.25, 0.3) is 0 Å². The lowest BCUT2D eigenvalue weighted by molar-refractivity contribution is -0.153. The Morgan fingerprint density at radius 3 is 2.68 bits per heavy atom. The number of carbonyl (C=O) groups is 1. The van der Waals surface area contributed by atoms with Gasteiger partial charge in [0.05, 0.1) is 25.5 Å². The largest absolute Gasteiger partial charge is 0.467 e. The molecule has 1 aliphatic heterocycles. The van der Waals surface area contributed by atoms with Crippen molar-refractivity contribution in [2.24, 2.45) is 5.92 Å². The van der Waals surface area contributed by atoms with Gasteiger partial charge in [0.15, 0.2) is 5.79 Å². The highest BCUT2D eigenvalue weighted by Gasteiger charge is 2.32. The second-order valence-corrected chi connectivity index (χ2v) is 6.13. The summed E-state index contributed by atoms with van der Waals surface area (Å²) >= 11 is 0. The maximum absolute atomic E-state index is 12.2. The van der Waals surface area contributed by atoms with Gasteiger partial charge in [-0.15, -0.1) is 0 Å². The molecule has 0 unspecified atom stereocenters. The molecule has 2 heterocycles. The number of urea groups is 1. The van der Waals surface area contributed by atoms with Gasteiger partial charge >= 0.3 is 6.03 Å². The SMILES string of the molecule is C[C@H](CNC(=O)N(C)[C@@H](C)c1ccco1)CC1(C)OCCO1. The van der Waals surface area contributed by atoms with Gasteiger partial charge in [-0.05, 0) is 31.9 Å². The minimum atomic E-state index is -0.516. The molecule has 1 aromatic heterocycles. The fraction of sp³-hybridized carbons (Fsp3) is 0.688. The Kier molecular flexibility index (Phi) is 5.47. The maximum Gasteiger partial charge on any atom is 0.317 e. The van der Waals surface area contributed by atoms with Crippen LogP contribution in [0.15, 0.2) is 22.8 Å². The first-order valence-electron chi connectivity index (χ1n) is 7.73.